The van der Waals surface area contributed by atoms with E-state index < -0.39 is 28.5 Å². The summed E-state index contributed by atoms with van der Waals surface area (Å²) in [6.45, 7) is 5.43. The molecule has 0 bridgehead atoms. The number of carbonyl (C=O) groups is 2. The number of anilines is 1. The lowest BCUT2D eigenvalue weighted by molar-refractivity contribution is -0.140. The first kappa shape index (κ1) is 31.1. The van der Waals surface area contributed by atoms with Gasteiger partial charge in [-0.25, -0.2) is 8.42 Å². The fraction of sp³-hybridized carbons (Fsp3) is 0.394. The standard InChI is InChI=1S/C33H41N3O5S/c1-5-31(33(38)34-27-12-8-9-13-27)35(22-26-11-7-6-10-25(26)3)32(37)23-36(28-16-18-29(41-4)19-17-28)42(39,40)30-20-14-24(2)15-21-30/h6-7,10-11,14-21,27,31H,5,8-9,12-13,22-23H2,1-4H3,(H,34,38)/t31-/m0/s1. The van der Waals surface area contributed by atoms with Gasteiger partial charge < -0.3 is 15.0 Å². The summed E-state index contributed by atoms with van der Waals surface area (Å²) in [5, 5.41) is 3.15. The maximum Gasteiger partial charge on any atom is 0.264 e. The minimum absolute atomic E-state index is 0.0770. The molecule has 1 aliphatic carbocycles. The number of sulfonamides is 1. The highest BCUT2D eigenvalue weighted by molar-refractivity contribution is 7.92. The van der Waals surface area contributed by atoms with Gasteiger partial charge >= 0.3 is 0 Å². The Hall–Kier alpha value is -3.85. The number of ether oxygens (including phenoxy) is 1. The SMILES string of the molecule is CC[C@@H](C(=O)NC1CCCC1)N(Cc1ccccc1C)C(=O)CN(c1ccc(OC)cc1)S(=O)(=O)c1ccc(C)cc1. The Labute approximate surface area is 249 Å². The minimum Gasteiger partial charge on any atom is -0.497 e. The van der Waals surface area contributed by atoms with E-state index in [0.29, 0.717) is 17.9 Å². The number of nitrogens with one attached hydrogen (secondary N) is 1. The molecule has 1 saturated carbocycles. The third kappa shape index (κ3) is 7.31. The third-order valence-corrected chi connectivity index (χ3v) is 9.73. The van der Waals surface area contributed by atoms with Crippen molar-refractivity contribution in [3.63, 3.8) is 0 Å². The maximum absolute atomic E-state index is 14.3. The van der Waals surface area contributed by atoms with Crippen LogP contribution in [0, 0.1) is 13.8 Å². The summed E-state index contributed by atoms with van der Waals surface area (Å²) in [5.74, 6) is -0.101. The first-order valence-corrected chi connectivity index (χ1v) is 16.0. The molecule has 224 valence electrons. The lowest BCUT2D eigenvalue weighted by Crippen LogP contribution is -2.53. The molecule has 0 spiro atoms. The summed E-state index contributed by atoms with van der Waals surface area (Å²) in [6, 6.07) is 20.2. The Morgan fingerprint density at radius 1 is 0.952 bits per heavy atom. The molecule has 0 saturated heterocycles. The molecule has 0 heterocycles. The molecule has 0 aromatic heterocycles. The average molecular weight is 592 g/mol. The molecule has 0 aliphatic heterocycles. The van der Waals surface area contributed by atoms with Gasteiger partial charge in [-0.1, -0.05) is 61.7 Å². The number of nitrogens with zero attached hydrogens (tertiary/aromatic N) is 2. The summed E-state index contributed by atoms with van der Waals surface area (Å²) in [6.07, 6.45) is 4.38. The van der Waals surface area contributed by atoms with Gasteiger partial charge in [0.05, 0.1) is 17.7 Å². The smallest absolute Gasteiger partial charge is 0.264 e. The molecular weight excluding hydrogens is 550 g/mol. The molecule has 1 N–H and O–H groups in total. The second-order valence-electron chi connectivity index (χ2n) is 10.9. The predicted octanol–water partition coefficient (Wildman–Crippen LogP) is 5.37. The Morgan fingerprint density at radius 3 is 2.19 bits per heavy atom. The van der Waals surface area contributed by atoms with Gasteiger partial charge in [0.15, 0.2) is 0 Å². The van der Waals surface area contributed by atoms with Gasteiger partial charge in [0.2, 0.25) is 11.8 Å². The molecule has 1 atom stereocenters. The molecule has 3 aromatic carbocycles. The molecule has 1 aliphatic rings. The zero-order valence-corrected chi connectivity index (χ0v) is 25.7. The highest BCUT2D eigenvalue weighted by Crippen LogP contribution is 2.27. The minimum atomic E-state index is -4.13. The van der Waals surface area contributed by atoms with Gasteiger partial charge in [-0.15, -0.1) is 0 Å². The van der Waals surface area contributed by atoms with Crippen molar-refractivity contribution in [3.8, 4) is 5.75 Å². The van der Waals surface area contributed by atoms with Crippen molar-refractivity contribution in [1.82, 2.24) is 10.2 Å². The molecule has 2 amide bonds. The summed E-state index contributed by atoms with van der Waals surface area (Å²) >= 11 is 0. The van der Waals surface area contributed by atoms with Crippen molar-refractivity contribution in [3.05, 3.63) is 89.5 Å². The second-order valence-corrected chi connectivity index (χ2v) is 12.7. The van der Waals surface area contributed by atoms with E-state index in [1.54, 1.807) is 48.5 Å². The van der Waals surface area contributed by atoms with Crippen LogP contribution >= 0.6 is 0 Å². The Balaban J connectivity index is 1.72. The number of hydrogen-bond donors (Lipinski definition) is 1. The average Bonchev–Trinajstić information content (AvgIpc) is 3.50. The molecule has 0 radical (unpaired) electrons. The van der Waals surface area contributed by atoms with Gasteiger partial charge in [0, 0.05) is 12.6 Å². The molecule has 9 heteroatoms. The number of rotatable bonds is 12. The summed E-state index contributed by atoms with van der Waals surface area (Å²) < 4.78 is 34.4. The van der Waals surface area contributed by atoms with Crippen LogP contribution in [0.3, 0.4) is 0 Å². The molecule has 3 aromatic rings. The van der Waals surface area contributed by atoms with Crippen LogP contribution in [0.1, 0.15) is 55.7 Å². The lowest BCUT2D eigenvalue weighted by atomic mass is 10.1. The Morgan fingerprint density at radius 2 is 1.60 bits per heavy atom. The maximum atomic E-state index is 14.3. The second kappa shape index (κ2) is 13.9. The van der Waals surface area contributed by atoms with Crippen molar-refractivity contribution in [1.29, 1.82) is 0 Å². The van der Waals surface area contributed by atoms with Gasteiger partial charge in [-0.2, -0.15) is 0 Å². The van der Waals surface area contributed by atoms with E-state index in [9.17, 15) is 18.0 Å². The van der Waals surface area contributed by atoms with Crippen molar-refractivity contribution in [2.75, 3.05) is 18.0 Å². The zero-order chi connectivity index (χ0) is 30.3. The van der Waals surface area contributed by atoms with E-state index in [1.165, 1.54) is 12.0 Å². The molecule has 0 unspecified atom stereocenters. The van der Waals surface area contributed by atoms with E-state index in [2.05, 4.69) is 5.32 Å². The number of amides is 2. The fourth-order valence-electron chi connectivity index (χ4n) is 5.37. The first-order valence-electron chi connectivity index (χ1n) is 14.5. The third-order valence-electron chi connectivity index (χ3n) is 7.94. The van der Waals surface area contributed by atoms with Crippen LogP contribution < -0.4 is 14.4 Å². The first-order chi connectivity index (χ1) is 20.1. The topological polar surface area (TPSA) is 96.0 Å². The van der Waals surface area contributed by atoms with Crippen LogP contribution in [0.2, 0.25) is 0 Å². The summed E-state index contributed by atoms with van der Waals surface area (Å²) in [7, 11) is -2.59. The van der Waals surface area contributed by atoms with Gasteiger partial charge in [-0.3, -0.25) is 13.9 Å². The normalized spacial score (nSPS) is 14.3. The monoisotopic (exact) mass is 591 g/mol. The molecule has 1 fully saturated rings. The van der Waals surface area contributed by atoms with Gasteiger partial charge in [0.1, 0.15) is 18.3 Å². The van der Waals surface area contributed by atoms with E-state index in [4.69, 9.17) is 4.74 Å². The Kier molecular flexibility index (Phi) is 10.3. The molecular formula is C33H41N3O5S. The van der Waals surface area contributed by atoms with Crippen molar-refractivity contribution in [2.24, 2.45) is 0 Å². The Bertz CT molecular complexity index is 1470. The molecule has 4 rings (SSSR count). The number of methoxy groups -OCH3 is 1. The number of carbonyl (C=O) groups excluding carboxylic acids is 2. The van der Waals surface area contributed by atoms with Crippen LogP contribution in [-0.2, 0) is 26.2 Å². The number of benzene rings is 3. The van der Waals surface area contributed by atoms with E-state index in [-0.39, 0.29) is 23.4 Å². The number of hydrogen-bond acceptors (Lipinski definition) is 5. The van der Waals surface area contributed by atoms with Crippen LogP contribution in [-0.4, -0.2) is 50.9 Å². The van der Waals surface area contributed by atoms with E-state index in [1.807, 2.05) is 45.0 Å². The molecule has 42 heavy (non-hydrogen) atoms. The quantitative estimate of drug-likeness (QED) is 0.305. The lowest BCUT2D eigenvalue weighted by Gasteiger charge is -2.34. The summed E-state index contributed by atoms with van der Waals surface area (Å²) in [4.78, 5) is 29.4. The largest absolute Gasteiger partial charge is 0.497 e. The van der Waals surface area contributed by atoms with Crippen LogP contribution in [0.5, 0.6) is 5.75 Å². The zero-order valence-electron chi connectivity index (χ0n) is 24.9. The van der Waals surface area contributed by atoms with Crippen LogP contribution in [0.4, 0.5) is 5.69 Å². The van der Waals surface area contributed by atoms with E-state index in [0.717, 1.165) is 46.7 Å². The molecule has 8 nitrogen and oxygen atoms in total. The highest BCUT2D eigenvalue weighted by atomic mass is 32.2. The highest BCUT2D eigenvalue weighted by Gasteiger charge is 2.34. The van der Waals surface area contributed by atoms with Crippen LogP contribution in [0.15, 0.2) is 77.7 Å². The predicted molar refractivity (Wildman–Crippen MR) is 165 cm³/mol. The van der Waals surface area contributed by atoms with Gasteiger partial charge in [0.25, 0.3) is 10.0 Å². The van der Waals surface area contributed by atoms with Gasteiger partial charge in [-0.05, 0) is 80.6 Å². The van der Waals surface area contributed by atoms with Crippen molar-refractivity contribution in [2.45, 2.75) is 76.4 Å². The van der Waals surface area contributed by atoms with Crippen molar-refractivity contribution >= 4 is 27.5 Å². The van der Waals surface area contributed by atoms with Crippen molar-refractivity contribution < 1.29 is 22.7 Å². The van der Waals surface area contributed by atoms with Crippen LogP contribution in [0.25, 0.3) is 0 Å². The summed E-state index contributed by atoms with van der Waals surface area (Å²) in [5.41, 5.74) is 3.13. The fourth-order valence-corrected chi connectivity index (χ4v) is 6.79. The van der Waals surface area contributed by atoms with E-state index >= 15 is 0 Å². The number of aryl methyl sites for hydroxylation is 2.